The molecule has 3 aromatic rings. The highest BCUT2D eigenvalue weighted by atomic mass is 35.5. The molecule has 40 heavy (non-hydrogen) atoms. The molecule has 2 spiro atoms. The molecule has 4 heterocycles. The topological polar surface area (TPSA) is 87.7 Å². The van der Waals surface area contributed by atoms with Crippen LogP contribution >= 0.6 is 11.6 Å². The fraction of sp³-hybridized carbons (Fsp3) is 0.344. The van der Waals surface area contributed by atoms with Crippen molar-refractivity contribution in [3.8, 4) is 5.75 Å². The number of benzene rings is 3. The molecule has 2 fully saturated rings. The van der Waals surface area contributed by atoms with Crippen molar-refractivity contribution in [3.05, 3.63) is 87.9 Å². The normalized spacial score (nSPS) is 28.0. The number of fused-ring (bicyclic) bond motifs is 7. The zero-order chi connectivity index (χ0) is 27.8. The van der Waals surface area contributed by atoms with Crippen molar-refractivity contribution in [2.75, 3.05) is 23.8 Å². The lowest BCUT2D eigenvalue weighted by molar-refractivity contribution is -0.137. The van der Waals surface area contributed by atoms with Crippen LogP contribution in [0, 0.1) is 12.8 Å². The van der Waals surface area contributed by atoms with Crippen LogP contribution in [0.1, 0.15) is 53.2 Å². The quantitative estimate of drug-likeness (QED) is 0.409. The van der Waals surface area contributed by atoms with Crippen molar-refractivity contribution >= 4 is 40.6 Å². The van der Waals surface area contributed by atoms with Gasteiger partial charge in [-0.3, -0.25) is 19.3 Å². The van der Waals surface area contributed by atoms with Gasteiger partial charge < -0.3 is 15.4 Å². The van der Waals surface area contributed by atoms with Gasteiger partial charge in [-0.05, 0) is 80.3 Å². The maximum Gasteiger partial charge on any atom is 0.251 e. The highest BCUT2D eigenvalue weighted by Crippen LogP contribution is 2.68. The highest BCUT2D eigenvalue weighted by Gasteiger charge is 2.81. The Bertz CT molecular complexity index is 1590. The van der Waals surface area contributed by atoms with Gasteiger partial charge in [-0.25, -0.2) is 0 Å². The van der Waals surface area contributed by atoms with Crippen LogP contribution in [0.4, 0.5) is 11.4 Å². The predicted molar refractivity (Wildman–Crippen MR) is 153 cm³/mol. The Morgan fingerprint density at radius 3 is 2.60 bits per heavy atom. The number of ketones is 1. The summed E-state index contributed by atoms with van der Waals surface area (Å²) in [6, 6.07) is 18.1. The minimum atomic E-state index is -1.49. The molecule has 4 aliphatic heterocycles. The van der Waals surface area contributed by atoms with Gasteiger partial charge in [0.25, 0.3) is 5.91 Å². The van der Waals surface area contributed by atoms with E-state index in [1.54, 1.807) is 24.3 Å². The molecule has 4 atom stereocenters. The van der Waals surface area contributed by atoms with Crippen molar-refractivity contribution in [1.82, 2.24) is 4.90 Å². The smallest absolute Gasteiger partial charge is 0.251 e. The summed E-state index contributed by atoms with van der Waals surface area (Å²) in [7, 11) is 0. The average Bonchev–Trinajstić information content (AvgIpc) is 3.67. The van der Waals surface area contributed by atoms with Gasteiger partial charge in [0.15, 0.2) is 5.78 Å². The lowest BCUT2D eigenvalue weighted by Gasteiger charge is -2.43. The molecule has 4 aliphatic rings. The van der Waals surface area contributed by atoms with Crippen LogP contribution in [0.25, 0.3) is 0 Å². The molecule has 204 valence electrons. The molecule has 0 aromatic heterocycles. The monoisotopic (exact) mass is 555 g/mol. The molecule has 0 aliphatic carbocycles. The van der Waals surface area contributed by atoms with E-state index in [0.29, 0.717) is 58.4 Å². The number of hydrogen-bond acceptors (Lipinski definition) is 5. The van der Waals surface area contributed by atoms with E-state index in [1.807, 2.05) is 50.2 Å². The summed E-state index contributed by atoms with van der Waals surface area (Å²) in [5, 5.41) is 6.54. The third-order valence-corrected chi connectivity index (χ3v) is 9.49. The maximum absolute atomic E-state index is 14.7. The lowest BCUT2D eigenvalue weighted by atomic mass is 9.57. The minimum Gasteiger partial charge on any atom is -0.494 e. The summed E-state index contributed by atoms with van der Waals surface area (Å²) in [6.07, 6.45) is 2.41. The molecule has 7 nitrogen and oxygen atoms in total. The van der Waals surface area contributed by atoms with Gasteiger partial charge in [0.05, 0.1) is 23.2 Å². The molecule has 8 heteroatoms. The number of hydrogen-bond donors (Lipinski definition) is 2. The predicted octanol–water partition coefficient (Wildman–Crippen LogP) is 5.45. The molecule has 2 N–H and O–H groups in total. The molecule has 7 rings (SSSR count). The van der Waals surface area contributed by atoms with Gasteiger partial charge in [-0.15, -0.1) is 0 Å². The summed E-state index contributed by atoms with van der Waals surface area (Å²) in [5.74, 6) is -0.895. The zero-order valence-corrected chi connectivity index (χ0v) is 23.2. The van der Waals surface area contributed by atoms with Crippen molar-refractivity contribution in [2.45, 2.75) is 50.1 Å². The zero-order valence-electron chi connectivity index (χ0n) is 22.4. The molecule has 0 radical (unpaired) electrons. The molecule has 2 saturated heterocycles. The molecule has 0 bridgehead atoms. The second-order valence-electron chi connectivity index (χ2n) is 11.3. The Hall–Kier alpha value is -3.68. The Morgan fingerprint density at radius 2 is 1.82 bits per heavy atom. The van der Waals surface area contributed by atoms with E-state index in [2.05, 4.69) is 15.5 Å². The van der Waals surface area contributed by atoms with Gasteiger partial charge in [-0.1, -0.05) is 42.8 Å². The number of nitrogens with zero attached hydrogens (tertiary/aromatic N) is 1. The van der Waals surface area contributed by atoms with Gasteiger partial charge >= 0.3 is 0 Å². The van der Waals surface area contributed by atoms with Crippen LogP contribution in [0.15, 0.2) is 60.7 Å². The van der Waals surface area contributed by atoms with Crippen LogP contribution in [0.5, 0.6) is 5.75 Å². The van der Waals surface area contributed by atoms with Crippen LogP contribution < -0.4 is 15.4 Å². The highest BCUT2D eigenvalue weighted by molar-refractivity contribution is 6.35. The second-order valence-corrected chi connectivity index (χ2v) is 11.7. The van der Waals surface area contributed by atoms with Gasteiger partial charge in [0.2, 0.25) is 5.91 Å². The Labute approximate surface area is 237 Å². The second kappa shape index (κ2) is 8.91. The van der Waals surface area contributed by atoms with Crippen molar-refractivity contribution in [1.29, 1.82) is 0 Å². The number of amides is 2. The van der Waals surface area contributed by atoms with E-state index < -0.39 is 16.9 Å². The first kappa shape index (κ1) is 25.3. The number of carbonyl (C=O) groups excluding carboxylic acids is 3. The number of carbonyl (C=O) groups is 3. The summed E-state index contributed by atoms with van der Waals surface area (Å²) < 4.78 is 5.74. The van der Waals surface area contributed by atoms with Crippen LogP contribution in [0.3, 0.4) is 0 Å². The third-order valence-electron chi connectivity index (χ3n) is 9.20. The number of nitrogens with one attached hydrogen (secondary N) is 2. The Morgan fingerprint density at radius 1 is 1.05 bits per heavy atom. The number of ether oxygens (including phenoxy) is 1. The standard InChI is InChI=1S/C32H30ClN3O4/c1-3-15-40-20-12-10-19(11-13-20)28(37)26-25-9-6-14-36(25)32(22-16-18(2)17-23(33)27(22)35-30(32)39)31(26)21-7-4-5-8-24(21)34-29(31)38/h4-5,7-8,10-13,16-17,25-26H,3,6,9,14-15H2,1-2H3,(H,34,38)(H,35,39)/t25-,26-,31+,32-/m0/s1. The van der Waals surface area contributed by atoms with Gasteiger partial charge in [0, 0.05) is 22.9 Å². The van der Waals surface area contributed by atoms with Crippen molar-refractivity contribution < 1.29 is 19.1 Å². The van der Waals surface area contributed by atoms with E-state index in [0.717, 1.165) is 18.4 Å². The maximum atomic E-state index is 14.7. The third kappa shape index (κ3) is 3.02. The summed E-state index contributed by atoms with van der Waals surface area (Å²) >= 11 is 6.71. The summed E-state index contributed by atoms with van der Waals surface area (Å²) in [5.41, 5.74) is 0.954. The molecule has 0 saturated carbocycles. The van der Waals surface area contributed by atoms with Crippen LogP contribution in [0.2, 0.25) is 5.02 Å². The van der Waals surface area contributed by atoms with Crippen LogP contribution in [-0.2, 0) is 20.5 Å². The first-order chi connectivity index (χ1) is 19.3. The Kier molecular flexibility index (Phi) is 5.64. The number of aryl methyl sites for hydroxylation is 1. The van der Waals surface area contributed by atoms with Crippen molar-refractivity contribution in [3.63, 3.8) is 0 Å². The minimum absolute atomic E-state index is 0.150. The summed E-state index contributed by atoms with van der Waals surface area (Å²) in [4.78, 5) is 45.9. The van der Waals surface area contributed by atoms with Crippen LogP contribution in [-0.4, -0.2) is 41.7 Å². The molecule has 0 unspecified atom stereocenters. The lowest BCUT2D eigenvalue weighted by Crippen LogP contribution is -2.62. The number of Topliss-reactive ketones (excluding diaryl/α,β-unsaturated/α-hetero) is 1. The molecular formula is C32H30ClN3O4. The molecule has 3 aromatic carbocycles. The fourth-order valence-corrected chi connectivity index (χ4v) is 8.21. The van der Waals surface area contributed by atoms with E-state index in [-0.39, 0.29) is 23.6 Å². The van der Waals surface area contributed by atoms with E-state index in [1.165, 1.54) is 0 Å². The number of halogens is 1. The van der Waals surface area contributed by atoms with Gasteiger partial charge in [0.1, 0.15) is 16.7 Å². The first-order valence-corrected chi connectivity index (χ1v) is 14.3. The van der Waals surface area contributed by atoms with Gasteiger partial charge in [-0.2, -0.15) is 0 Å². The molecular weight excluding hydrogens is 526 g/mol. The molecule has 2 amide bonds. The van der Waals surface area contributed by atoms with E-state index >= 15 is 0 Å². The van der Waals surface area contributed by atoms with Crippen molar-refractivity contribution in [2.24, 2.45) is 5.92 Å². The number of rotatable bonds is 5. The van der Waals surface area contributed by atoms with E-state index in [4.69, 9.17) is 16.3 Å². The average molecular weight is 556 g/mol. The largest absolute Gasteiger partial charge is 0.494 e. The first-order valence-electron chi connectivity index (χ1n) is 13.9. The van der Waals surface area contributed by atoms with E-state index in [9.17, 15) is 14.4 Å². The summed E-state index contributed by atoms with van der Waals surface area (Å²) in [6.45, 7) is 5.15. The fourth-order valence-electron chi connectivity index (χ4n) is 7.89. The number of anilines is 2. The Balaban J connectivity index is 1.50. The number of para-hydroxylation sites is 1. The SMILES string of the molecule is CCCOc1ccc(C(=O)[C@@H]2[C@@H]3CCCN3[C@@]3(C(=O)Nc4c(Cl)cc(C)cc43)[C@@]23C(=O)Nc2ccccc23)cc1.